The molecule has 1 unspecified atom stereocenters. The van der Waals surface area contributed by atoms with E-state index >= 15 is 0 Å². The summed E-state index contributed by atoms with van der Waals surface area (Å²) in [6.07, 6.45) is 0. The monoisotopic (exact) mass is 446 g/mol. The first-order valence-electron chi connectivity index (χ1n) is 10.0. The van der Waals surface area contributed by atoms with E-state index in [-0.39, 0.29) is 11.8 Å². The number of ketones is 1. The van der Waals surface area contributed by atoms with Crippen LogP contribution in [0.4, 0.5) is 11.4 Å². The quantitative estimate of drug-likeness (QED) is 0.474. The van der Waals surface area contributed by atoms with Crippen LogP contribution in [0.3, 0.4) is 0 Å². The summed E-state index contributed by atoms with van der Waals surface area (Å²) < 4.78 is 0.859. The van der Waals surface area contributed by atoms with Gasteiger partial charge in [-0.15, -0.1) is 0 Å². The van der Waals surface area contributed by atoms with E-state index in [4.69, 9.17) is 0 Å². The topological polar surface area (TPSA) is 23.6 Å². The number of halogens is 1. The lowest BCUT2D eigenvalue weighted by Gasteiger charge is -2.31. The number of carbonyl (C=O) groups excluding carboxylic acids is 1. The average molecular weight is 447 g/mol. The molecule has 3 aromatic carbocycles. The van der Waals surface area contributed by atoms with Gasteiger partial charge in [0, 0.05) is 41.0 Å². The summed E-state index contributed by atoms with van der Waals surface area (Å²) in [5.41, 5.74) is 8.26. The molecule has 0 aromatic heterocycles. The molecule has 0 spiro atoms. The largest absolute Gasteiger partial charge is 0.364 e. The Labute approximate surface area is 180 Å². The van der Waals surface area contributed by atoms with Gasteiger partial charge in [-0.2, -0.15) is 0 Å². The van der Waals surface area contributed by atoms with E-state index in [1.165, 1.54) is 33.6 Å². The summed E-state index contributed by atoms with van der Waals surface area (Å²) in [4.78, 5) is 18.4. The molecule has 3 nitrogen and oxygen atoms in total. The predicted molar refractivity (Wildman–Crippen MR) is 122 cm³/mol. The summed E-state index contributed by atoms with van der Waals surface area (Å²) in [7, 11) is 0. The minimum absolute atomic E-state index is 0.167. The number of hydrogen-bond acceptors (Lipinski definition) is 3. The average Bonchev–Trinajstić information content (AvgIpc) is 2.94. The summed E-state index contributed by atoms with van der Waals surface area (Å²) in [5.74, 6) is 0.167. The van der Waals surface area contributed by atoms with E-state index < -0.39 is 0 Å². The summed E-state index contributed by atoms with van der Waals surface area (Å²) >= 11 is 3.58. The number of benzene rings is 3. The zero-order chi connectivity index (χ0) is 20.1. The standard InChI is InChI=1S/C25H23BrN2O/c1-16-7-9-22-19(12-16)14-28-23-10-8-17(2)11-18(23)13-27(22)15-24(28)25(29)20-5-3-4-6-21(20)26/h3-12,24H,13-15H2,1-2H3. The molecule has 146 valence electrons. The van der Waals surface area contributed by atoms with Crippen LogP contribution in [0.1, 0.15) is 32.6 Å². The fourth-order valence-corrected chi connectivity index (χ4v) is 5.12. The van der Waals surface area contributed by atoms with E-state index in [0.717, 1.165) is 23.1 Å². The predicted octanol–water partition coefficient (Wildman–Crippen LogP) is 5.66. The highest BCUT2D eigenvalue weighted by atomic mass is 79.9. The molecule has 4 heteroatoms. The van der Waals surface area contributed by atoms with E-state index in [2.05, 4.69) is 76.0 Å². The molecule has 2 heterocycles. The van der Waals surface area contributed by atoms with Crippen molar-refractivity contribution in [1.82, 2.24) is 0 Å². The van der Waals surface area contributed by atoms with Crippen LogP contribution in [0, 0.1) is 13.8 Å². The van der Waals surface area contributed by atoms with Gasteiger partial charge < -0.3 is 9.80 Å². The first-order chi connectivity index (χ1) is 14.0. The van der Waals surface area contributed by atoms with Crippen LogP contribution in [0.5, 0.6) is 0 Å². The molecular formula is C25H23BrN2O. The third kappa shape index (κ3) is 3.16. The molecule has 2 aliphatic rings. The summed E-state index contributed by atoms with van der Waals surface area (Å²) in [6.45, 7) is 6.51. The maximum absolute atomic E-state index is 13.7. The van der Waals surface area contributed by atoms with Gasteiger partial charge in [0.05, 0.1) is 0 Å². The van der Waals surface area contributed by atoms with Crippen molar-refractivity contribution in [2.24, 2.45) is 0 Å². The van der Waals surface area contributed by atoms with E-state index in [1.54, 1.807) is 0 Å². The van der Waals surface area contributed by atoms with Gasteiger partial charge in [-0.3, -0.25) is 4.79 Å². The van der Waals surface area contributed by atoms with E-state index in [9.17, 15) is 4.79 Å². The second-order valence-corrected chi connectivity index (χ2v) is 8.99. The number of hydrogen-bond donors (Lipinski definition) is 0. The number of aryl methyl sites for hydroxylation is 2. The Morgan fingerprint density at radius 3 is 2.28 bits per heavy atom. The van der Waals surface area contributed by atoms with Crippen molar-refractivity contribution in [1.29, 1.82) is 0 Å². The lowest BCUT2D eigenvalue weighted by Crippen LogP contribution is -2.45. The molecule has 0 aliphatic carbocycles. The second kappa shape index (κ2) is 7.03. The summed E-state index contributed by atoms with van der Waals surface area (Å²) in [6, 6.07) is 20.8. The molecule has 29 heavy (non-hydrogen) atoms. The molecule has 0 saturated heterocycles. The van der Waals surface area contributed by atoms with Gasteiger partial charge in [-0.1, -0.05) is 69.5 Å². The zero-order valence-corrected chi connectivity index (χ0v) is 18.2. The maximum Gasteiger partial charge on any atom is 0.188 e. The molecule has 0 saturated carbocycles. The Balaban J connectivity index is 1.67. The normalized spacial score (nSPS) is 17.4. The second-order valence-electron chi connectivity index (χ2n) is 8.13. The van der Waals surface area contributed by atoms with Crippen molar-refractivity contribution in [3.8, 4) is 0 Å². The molecule has 0 N–H and O–H groups in total. The third-order valence-electron chi connectivity index (χ3n) is 6.03. The fraction of sp³-hybridized carbons (Fsp3) is 0.240. The Morgan fingerprint density at radius 1 is 0.897 bits per heavy atom. The van der Waals surface area contributed by atoms with Crippen LogP contribution in [0.25, 0.3) is 0 Å². The molecule has 0 amide bonds. The van der Waals surface area contributed by atoms with Crippen molar-refractivity contribution in [2.75, 3.05) is 16.3 Å². The summed E-state index contributed by atoms with van der Waals surface area (Å²) in [5, 5.41) is 0. The van der Waals surface area contributed by atoms with Gasteiger partial charge in [-0.05, 0) is 43.2 Å². The molecule has 0 radical (unpaired) electrons. The van der Waals surface area contributed by atoms with Crippen LogP contribution in [0.15, 0.2) is 65.1 Å². The Kier molecular flexibility index (Phi) is 4.47. The van der Waals surface area contributed by atoms with Crippen LogP contribution < -0.4 is 9.80 Å². The van der Waals surface area contributed by atoms with Crippen LogP contribution in [-0.2, 0) is 13.1 Å². The van der Waals surface area contributed by atoms with Gasteiger partial charge >= 0.3 is 0 Å². The first-order valence-corrected chi connectivity index (χ1v) is 10.8. The number of rotatable bonds is 2. The number of carbonyl (C=O) groups is 1. The minimum atomic E-state index is -0.231. The number of fused-ring (bicyclic) bond motifs is 7. The number of Topliss-reactive ketones (excluding diaryl/α,β-unsaturated/α-hetero) is 1. The molecule has 3 aromatic rings. The highest BCUT2D eigenvalue weighted by Gasteiger charge is 2.37. The Morgan fingerprint density at radius 2 is 1.55 bits per heavy atom. The van der Waals surface area contributed by atoms with Gasteiger partial charge in [0.2, 0.25) is 0 Å². The highest BCUT2D eigenvalue weighted by Crippen LogP contribution is 2.39. The van der Waals surface area contributed by atoms with E-state index in [0.29, 0.717) is 6.54 Å². The molecule has 1 atom stereocenters. The van der Waals surface area contributed by atoms with Crippen LogP contribution in [-0.4, -0.2) is 18.4 Å². The highest BCUT2D eigenvalue weighted by molar-refractivity contribution is 9.10. The van der Waals surface area contributed by atoms with Crippen LogP contribution in [0.2, 0.25) is 0 Å². The Bertz CT molecular complexity index is 1120. The third-order valence-corrected chi connectivity index (χ3v) is 6.73. The molecule has 2 aliphatic heterocycles. The minimum Gasteiger partial charge on any atom is -0.364 e. The fourth-order valence-electron chi connectivity index (χ4n) is 4.64. The van der Waals surface area contributed by atoms with Gasteiger partial charge in [0.1, 0.15) is 6.04 Å². The smallest absolute Gasteiger partial charge is 0.188 e. The molecule has 2 bridgehead atoms. The van der Waals surface area contributed by atoms with Gasteiger partial charge in [0.15, 0.2) is 5.78 Å². The Hall–Kier alpha value is -2.59. The maximum atomic E-state index is 13.7. The van der Waals surface area contributed by atoms with Crippen molar-refractivity contribution in [3.05, 3.63) is 93.0 Å². The van der Waals surface area contributed by atoms with Gasteiger partial charge in [-0.25, -0.2) is 0 Å². The van der Waals surface area contributed by atoms with Crippen molar-refractivity contribution < 1.29 is 4.79 Å². The van der Waals surface area contributed by atoms with Gasteiger partial charge in [0.25, 0.3) is 0 Å². The zero-order valence-electron chi connectivity index (χ0n) is 16.7. The van der Waals surface area contributed by atoms with Crippen LogP contribution >= 0.6 is 15.9 Å². The van der Waals surface area contributed by atoms with E-state index in [1.807, 2.05) is 24.3 Å². The molecular weight excluding hydrogens is 424 g/mol. The SMILES string of the molecule is Cc1ccc2c(c1)CN1c3ccc(C)cc3CN2CC1C(=O)c1ccccc1Br. The number of anilines is 2. The lowest BCUT2D eigenvalue weighted by molar-refractivity contribution is 0.0959. The first kappa shape index (κ1) is 18.4. The molecule has 0 fully saturated rings. The lowest BCUT2D eigenvalue weighted by atomic mass is 10.0. The molecule has 5 rings (SSSR count). The van der Waals surface area contributed by atoms with Crippen molar-refractivity contribution in [2.45, 2.75) is 33.0 Å². The van der Waals surface area contributed by atoms with Crippen molar-refractivity contribution in [3.63, 3.8) is 0 Å². The number of nitrogens with zero attached hydrogens (tertiary/aromatic N) is 2. The van der Waals surface area contributed by atoms with Crippen molar-refractivity contribution >= 4 is 33.1 Å².